The van der Waals surface area contributed by atoms with Crippen LogP contribution in [-0.2, 0) is 0 Å². The third-order valence-electron chi connectivity index (χ3n) is 5.09. The van der Waals surface area contributed by atoms with Gasteiger partial charge in [-0.25, -0.2) is 0 Å². The normalized spacial score (nSPS) is 31.1. The summed E-state index contributed by atoms with van der Waals surface area (Å²) in [7, 11) is 0. The predicted molar refractivity (Wildman–Crippen MR) is 77.5 cm³/mol. The van der Waals surface area contributed by atoms with Crippen molar-refractivity contribution in [1.82, 2.24) is 10.9 Å². The molecule has 4 heteroatoms. The van der Waals surface area contributed by atoms with E-state index in [-0.39, 0.29) is 5.91 Å². The molecule has 1 aromatic rings. The first kappa shape index (κ1) is 12.7. The van der Waals surface area contributed by atoms with E-state index >= 15 is 0 Å². The van der Waals surface area contributed by atoms with Crippen molar-refractivity contribution in [3.63, 3.8) is 0 Å². The summed E-state index contributed by atoms with van der Waals surface area (Å²) in [6.45, 7) is 7.01. The van der Waals surface area contributed by atoms with Crippen LogP contribution >= 0.6 is 11.3 Å². The van der Waals surface area contributed by atoms with Gasteiger partial charge in [0.05, 0.1) is 4.88 Å². The van der Waals surface area contributed by atoms with Crippen molar-refractivity contribution in [2.75, 3.05) is 0 Å². The molecule has 0 aliphatic heterocycles. The minimum Gasteiger partial charge on any atom is -0.302 e. The van der Waals surface area contributed by atoms with Crippen molar-refractivity contribution in [3.8, 4) is 0 Å². The summed E-state index contributed by atoms with van der Waals surface area (Å²) in [6, 6.07) is 3.73. The lowest BCUT2D eigenvalue weighted by Crippen LogP contribution is -2.40. The van der Waals surface area contributed by atoms with Crippen LogP contribution in [0.3, 0.4) is 0 Å². The predicted octanol–water partition coefficient (Wildman–Crippen LogP) is 3.18. The van der Waals surface area contributed by atoms with Gasteiger partial charge in [-0.1, -0.05) is 32.9 Å². The number of carbonyl (C=O) groups is 1. The molecule has 3 nitrogen and oxygen atoms in total. The molecule has 2 aliphatic carbocycles. The molecule has 0 spiro atoms. The van der Waals surface area contributed by atoms with Crippen LogP contribution in [0.15, 0.2) is 29.3 Å². The van der Waals surface area contributed by atoms with Gasteiger partial charge in [-0.15, -0.1) is 11.3 Å². The van der Waals surface area contributed by atoms with Crippen LogP contribution in [0, 0.1) is 23.2 Å². The maximum atomic E-state index is 11.9. The number of hydrogen-bond donors (Lipinski definition) is 2. The van der Waals surface area contributed by atoms with Gasteiger partial charge in [-0.3, -0.25) is 10.2 Å². The number of thiophene rings is 1. The van der Waals surface area contributed by atoms with Crippen molar-refractivity contribution in [2.45, 2.75) is 27.2 Å². The van der Waals surface area contributed by atoms with Crippen LogP contribution in [0.5, 0.6) is 0 Å². The minimum atomic E-state index is -0.0504. The third-order valence-corrected chi connectivity index (χ3v) is 5.95. The van der Waals surface area contributed by atoms with E-state index in [1.165, 1.54) is 23.5 Å². The second-order valence-electron chi connectivity index (χ2n) is 6.24. The van der Waals surface area contributed by atoms with E-state index in [4.69, 9.17) is 0 Å². The molecule has 102 valence electrons. The Bertz CT molecular complexity index is 518. The van der Waals surface area contributed by atoms with Crippen molar-refractivity contribution in [3.05, 3.63) is 34.2 Å². The summed E-state index contributed by atoms with van der Waals surface area (Å²) >= 11 is 1.46. The highest BCUT2D eigenvalue weighted by Gasteiger charge is 2.51. The first-order chi connectivity index (χ1) is 9.00. The molecule has 3 unspecified atom stereocenters. The smallest absolute Gasteiger partial charge is 0.279 e. The fourth-order valence-electron chi connectivity index (χ4n) is 3.39. The highest BCUT2D eigenvalue weighted by Crippen LogP contribution is 2.57. The highest BCUT2D eigenvalue weighted by molar-refractivity contribution is 7.12. The minimum absolute atomic E-state index is 0.0504. The zero-order valence-electron chi connectivity index (χ0n) is 11.6. The Hall–Kier alpha value is -1.29. The maximum absolute atomic E-state index is 11.9. The highest BCUT2D eigenvalue weighted by atomic mass is 32.1. The van der Waals surface area contributed by atoms with Crippen LogP contribution in [0.25, 0.3) is 0 Å². The summed E-state index contributed by atoms with van der Waals surface area (Å²) in [5.41, 5.74) is 7.53. The van der Waals surface area contributed by atoms with Gasteiger partial charge in [0.25, 0.3) is 5.91 Å². The molecule has 0 aromatic carbocycles. The molecule has 1 amide bonds. The molecule has 19 heavy (non-hydrogen) atoms. The van der Waals surface area contributed by atoms with E-state index in [1.807, 2.05) is 17.5 Å². The lowest BCUT2D eigenvalue weighted by Gasteiger charge is -2.35. The third kappa shape index (κ3) is 1.98. The van der Waals surface area contributed by atoms with Crippen molar-refractivity contribution in [1.29, 1.82) is 0 Å². The molecule has 0 saturated heterocycles. The Balaban J connectivity index is 1.64. The van der Waals surface area contributed by atoms with Crippen molar-refractivity contribution >= 4 is 17.2 Å². The fraction of sp³-hybridized carbons (Fsp3) is 0.533. The van der Waals surface area contributed by atoms with E-state index in [0.717, 1.165) is 4.88 Å². The lowest BCUT2D eigenvalue weighted by atomic mass is 9.72. The number of hydrogen-bond acceptors (Lipinski definition) is 3. The molecule has 1 heterocycles. The Morgan fingerprint density at radius 3 is 2.84 bits per heavy atom. The standard InChI is InChI=1S/C15H20N2OS/c1-9-11-7-10(15(9,2)3)8-12(11)16-17-14(18)13-5-4-6-19-13/h4-6,8-11,16H,7H2,1-3H3,(H,17,18). The van der Waals surface area contributed by atoms with E-state index < -0.39 is 0 Å². The van der Waals surface area contributed by atoms with Gasteiger partial charge in [0.2, 0.25) is 0 Å². The summed E-state index contributed by atoms with van der Waals surface area (Å²) in [5, 5.41) is 1.91. The number of nitrogens with one attached hydrogen (secondary N) is 2. The zero-order chi connectivity index (χ0) is 13.6. The first-order valence-corrected chi connectivity index (χ1v) is 7.69. The Morgan fingerprint density at radius 2 is 2.26 bits per heavy atom. The second kappa shape index (κ2) is 4.37. The number of allylic oxidation sites excluding steroid dienone is 2. The largest absolute Gasteiger partial charge is 0.302 e. The van der Waals surface area contributed by atoms with Gasteiger partial charge in [0.15, 0.2) is 0 Å². The molecule has 0 radical (unpaired) electrons. The van der Waals surface area contributed by atoms with E-state index in [0.29, 0.717) is 23.2 Å². The Morgan fingerprint density at radius 1 is 1.47 bits per heavy atom. The van der Waals surface area contributed by atoms with Crippen LogP contribution in [0.2, 0.25) is 0 Å². The van der Waals surface area contributed by atoms with Gasteiger partial charge >= 0.3 is 0 Å². The average molecular weight is 276 g/mol. The Kier molecular flexibility index (Phi) is 2.93. The maximum Gasteiger partial charge on any atom is 0.279 e. The van der Waals surface area contributed by atoms with Gasteiger partial charge in [-0.2, -0.15) is 0 Å². The molecule has 2 aliphatic rings. The molecule has 3 rings (SSSR count). The molecular weight excluding hydrogens is 256 g/mol. The first-order valence-electron chi connectivity index (χ1n) is 6.81. The molecular formula is C15H20N2OS. The van der Waals surface area contributed by atoms with Gasteiger partial charge in [0.1, 0.15) is 0 Å². The number of fused-ring (bicyclic) bond motifs is 2. The summed E-state index contributed by atoms with van der Waals surface area (Å²) in [6.07, 6.45) is 3.52. The van der Waals surface area contributed by atoms with Gasteiger partial charge < -0.3 is 5.43 Å². The monoisotopic (exact) mass is 276 g/mol. The van der Waals surface area contributed by atoms with Gasteiger partial charge in [-0.05, 0) is 35.1 Å². The van der Waals surface area contributed by atoms with Crippen LogP contribution in [0.1, 0.15) is 36.9 Å². The number of amides is 1. The van der Waals surface area contributed by atoms with Crippen LogP contribution in [-0.4, -0.2) is 5.91 Å². The molecule has 1 aromatic heterocycles. The summed E-state index contributed by atoms with van der Waals surface area (Å²) < 4.78 is 0. The van der Waals surface area contributed by atoms with Crippen LogP contribution < -0.4 is 10.9 Å². The molecule has 3 atom stereocenters. The van der Waals surface area contributed by atoms with E-state index in [1.54, 1.807) is 0 Å². The average Bonchev–Trinajstić information content (AvgIpc) is 3.06. The summed E-state index contributed by atoms with van der Waals surface area (Å²) in [4.78, 5) is 12.6. The topological polar surface area (TPSA) is 41.1 Å². The Labute approximate surface area is 118 Å². The van der Waals surface area contributed by atoms with Crippen molar-refractivity contribution in [2.24, 2.45) is 23.2 Å². The van der Waals surface area contributed by atoms with Crippen LogP contribution in [0.4, 0.5) is 0 Å². The van der Waals surface area contributed by atoms with Gasteiger partial charge in [0, 0.05) is 11.6 Å². The molecule has 1 saturated carbocycles. The second-order valence-corrected chi connectivity index (χ2v) is 7.18. The molecule has 2 N–H and O–H groups in total. The number of rotatable bonds is 3. The van der Waals surface area contributed by atoms with Crippen molar-refractivity contribution < 1.29 is 4.79 Å². The molecule has 2 bridgehead atoms. The SMILES string of the molecule is CC1C2CC(C=C2NNC(=O)c2cccs2)C1(C)C. The number of carbonyl (C=O) groups excluding carboxylic acids is 1. The van der Waals surface area contributed by atoms with E-state index in [9.17, 15) is 4.79 Å². The quantitative estimate of drug-likeness (QED) is 0.833. The molecule has 1 fully saturated rings. The summed E-state index contributed by atoms with van der Waals surface area (Å²) in [5.74, 6) is 1.80. The fourth-order valence-corrected chi connectivity index (χ4v) is 4.01. The lowest BCUT2D eigenvalue weighted by molar-refractivity contribution is 0.0938. The number of hydrazine groups is 1. The van der Waals surface area contributed by atoms with E-state index in [2.05, 4.69) is 37.7 Å². The zero-order valence-corrected chi connectivity index (χ0v) is 12.4.